The Balaban J connectivity index is 1.51. The van der Waals surface area contributed by atoms with E-state index in [1.165, 1.54) is 0 Å². The number of benzene rings is 2. The number of piperidine rings is 1. The lowest BCUT2D eigenvalue weighted by atomic mass is 10.1. The summed E-state index contributed by atoms with van der Waals surface area (Å²) in [4.78, 5) is 27.0. The van der Waals surface area contributed by atoms with Gasteiger partial charge in [0.05, 0.1) is 4.90 Å². The highest BCUT2D eigenvalue weighted by molar-refractivity contribution is 7.89. The van der Waals surface area contributed by atoms with Crippen LogP contribution in [0.15, 0.2) is 59.5 Å². The van der Waals surface area contributed by atoms with Crippen molar-refractivity contribution in [3.63, 3.8) is 0 Å². The van der Waals surface area contributed by atoms with Crippen molar-refractivity contribution in [1.29, 1.82) is 0 Å². The molecule has 1 aliphatic heterocycles. The van der Waals surface area contributed by atoms with E-state index in [1.807, 2.05) is 37.3 Å². The molecular formula is C26H35N3O5S. The maximum absolute atomic E-state index is 13.2. The molecule has 9 heteroatoms. The molecule has 1 aliphatic rings. The highest BCUT2D eigenvalue weighted by Gasteiger charge is 2.29. The summed E-state index contributed by atoms with van der Waals surface area (Å²) < 4.78 is 33.7. The van der Waals surface area contributed by atoms with Gasteiger partial charge in [-0.2, -0.15) is 4.72 Å². The minimum atomic E-state index is -3.84. The van der Waals surface area contributed by atoms with Gasteiger partial charge in [-0.1, -0.05) is 48.0 Å². The van der Waals surface area contributed by atoms with Gasteiger partial charge < -0.3 is 15.0 Å². The average Bonchev–Trinajstić information content (AvgIpc) is 2.87. The molecule has 2 amide bonds. The Labute approximate surface area is 208 Å². The second kappa shape index (κ2) is 13.3. The zero-order valence-corrected chi connectivity index (χ0v) is 21.1. The maximum atomic E-state index is 13.2. The number of nitrogens with zero attached hydrogens (tertiary/aromatic N) is 1. The van der Waals surface area contributed by atoms with Crippen LogP contribution in [0.5, 0.6) is 0 Å². The van der Waals surface area contributed by atoms with Crippen molar-refractivity contribution < 1.29 is 22.7 Å². The van der Waals surface area contributed by atoms with E-state index in [-0.39, 0.29) is 17.4 Å². The molecule has 35 heavy (non-hydrogen) atoms. The molecule has 3 rings (SSSR count). The number of unbranched alkanes of at least 4 members (excludes halogenated alkanes) is 1. The van der Waals surface area contributed by atoms with Gasteiger partial charge in [0.25, 0.3) is 0 Å². The van der Waals surface area contributed by atoms with Crippen LogP contribution in [0.1, 0.15) is 49.7 Å². The molecule has 0 spiro atoms. The minimum absolute atomic E-state index is 0.141. The molecule has 1 unspecified atom stereocenters. The first kappa shape index (κ1) is 26.7. The molecule has 0 bridgehead atoms. The third-order valence-electron chi connectivity index (χ3n) is 6.00. The van der Waals surface area contributed by atoms with Gasteiger partial charge in [0.1, 0.15) is 12.6 Å². The van der Waals surface area contributed by atoms with Crippen LogP contribution in [0.3, 0.4) is 0 Å². The van der Waals surface area contributed by atoms with Gasteiger partial charge in [0.15, 0.2) is 0 Å². The smallest absolute Gasteiger partial charge is 0.407 e. The molecule has 1 atom stereocenters. The summed E-state index contributed by atoms with van der Waals surface area (Å²) in [5.41, 5.74) is 1.86. The molecule has 8 nitrogen and oxygen atoms in total. The summed E-state index contributed by atoms with van der Waals surface area (Å²) in [6.45, 7) is 3.76. The zero-order valence-electron chi connectivity index (χ0n) is 20.2. The molecule has 2 aromatic carbocycles. The van der Waals surface area contributed by atoms with Crippen LogP contribution in [0.25, 0.3) is 0 Å². The predicted molar refractivity (Wildman–Crippen MR) is 134 cm³/mol. The lowest BCUT2D eigenvalue weighted by Gasteiger charge is -2.30. The third-order valence-corrected chi connectivity index (χ3v) is 7.48. The summed E-state index contributed by atoms with van der Waals surface area (Å²) in [5, 5.41) is 2.70. The molecule has 0 aromatic heterocycles. The van der Waals surface area contributed by atoms with E-state index in [0.29, 0.717) is 38.9 Å². The van der Waals surface area contributed by atoms with Crippen LogP contribution in [0.4, 0.5) is 4.79 Å². The van der Waals surface area contributed by atoms with E-state index in [2.05, 4.69) is 10.0 Å². The quantitative estimate of drug-likeness (QED) is 0.456. The topological polar surface area (TPSA) is 105 Å². The Morgan fingerprint density at radius 2 is 1.66 bits per heavy atom. The highest BCUT2D eigenvalue weighted by Crippen LogP contribution is 2.16. The van der Waals surface area contributed by atoms with Crippen molar-refractivity contribution >= 4 is 22.0 Å². The predicted octanol–water partition coefficient (Wildman–Crippen LogP) is 3.75. The number of amides is 2. The van der Waals surface area contributed by atoms with E-state index in [4.69, 9.17) is 4.74 Å². The molecule has 0 radical (unpaired) electrons. The summed E-state index contributed by atoms with van der Waals surface area (Å²) in [6, 6.07) is 15.1. The van der Waals surface area contributed by atoms with Gasteiger partial charge in [-0.05, 0) is 63.1 Å². The maximum Gasteiger partial charge on any atom is 0.407 e. The number of aryl methyl sites for hydroxylation is 1. The third kappa shape index (κ3) is 8.67. The van der Waals surface area contributed by atoms with Gasteiger partial charge in [-0.3, -0.25) is 4.79 Å². The standard InChI is InChI=1S/C26H35N3O5S/c1-21-13-15-23(16-14-21)35(32,33)28-24(25(30)29-18-8-3-9-19-29)12-6-7-17-27-26(31)34-20-22-10-4-2-5-11-22/h2,4-5,10-11,13-16,24,28H,3,6-9,12,17-20H2,1H3,(H,27,31). The van der Waals surface area contributed by atoms with Crippen LogP contribution in [-0.4, -0.2) is 51.0 Å². The number of likely N-dealkylation sites (tertiary alicyclic amines) is 1. The SMILES string of the molecule is Cc1ccc(S(=O)(=O)NC(CCCCNC(=O)OCc2ccccc2)C(=O)N2CCCCC2)cc1. The van der Waals surface area contributed by atoms with E-state index < -0.39 is 22.2 Å². The Morgan fingerprint density at radius 3 is 2.34 bits per heavy atom. The number of hydrogen-bond donors (Lipinski definition) is 2. The molecule has 0 aliphatic carbocycles. The minimum Gasteiger partial charge on any atom is -0.445 e. The molecule has 1 saturated heterocycles. The van der Waals surface area contributed by atoms with E-state index in [0.717, 1.165) is 30.4 Å². The first-order chi connectivity index (χ1) is 16.8. The molecular weight excluding hydrogens is 466 g/mol. The zero-order chi connectivity index (χ0) is 25.1. The highest BCUT2D eigenvalue weighted by atomic mass is 32.2. The van der Waals surface area contributed by atoms with Crippen LogP contribution in [0, 0.1) is 6.92 Å². The average molecular weight is 502 g/mol. The summed E-state index contributed by atoms with van der Waals surface area (Å²) in [6.07, 6.45) is 3.94. The van der Waals surface area contributed by atoms with Crippen molar-refractivity contribution in [2.75, 3.05) is 19.6 Å². The summed E-state index contributed by atoms with van der Waals surface area (Å²) in [5.74, 6) is -0.185. The van der Waals surface area contributed by atoms with Crippen LogP contribution in [-0.2, 0) is 26.2 Å². The van der Waals surface area contributed by atoms with Crippen molar-refractivity contribution in [1.82, 2.24) is 14.9 Å². The molecule has 0 saturated carbocycles. The van der Waals surface area contributed by atoms with Gasteiger partial charge in [-0.25, -0.2) is 13.2 Å². The summed E-state index contributed by atoms with van der Waals surface area (Å²) in [7, 11) is -3.84. The number of ether oxygens (including phenoxy) is 1. The molecule has 2 aromatic rings. The van der Waals surface area contributed by atoms with E-state index in [1.54, 1.807) is 29.2 Å². The number of alkyl carbamates (subject to hydrolysis) is 1. The van der Waals surface area contributed by atoms with E-state index in [9.17, 15) is 18.0 Å². The van der Waals surface area contributed by atoms with Crippen LogP contribution >= 0.6 is 0 Å². The number of carbonyl (C=O) groups is 2. The van der Waals surface area contributed by atoms with Crippen molar-refractivity contribution in [2.24, 2.45) is 0 Å². The lowest BCUT2D eigenvalue weighted by Crippen LogP contribution is -2.49. The second-order valence-corrected chi connectivity index (χ2v) is 10.6. The number of hydrogen-bond acceptors (Lipinski definition) is 5. The Kier molecular flexibility index (Phi) is 10.1. The van der Waals surface area contributed by atoms with Crippen molar-refractivity contribution in [3.8, 4) is 0 Å². The molecule has 1 fully saturated rings. The molecule has 190 valence electrons. The second-order valence-electron chi connectivity index (χ2n) is 8.86. The number of nitrogens with one attached hydrogen (secondary N) is 2. The Morgan fingerprint density at radius 1 is 0.971 bits per heavy atom. The summed E-state index contributed by atoms with van der Waals surface area (Å²) >= 11 is 0. The monoisotopic (exact) mass is 501 g/mol. The fraction of sp³-hybridized carbons (Fsp3) is 0.462. The first-order valence-electron chi connectivity index (χ1n) is 12.2. The van der Waals surface area contributed by atoms with Gasteiger partial charge in [0, 0.05) is 19.6 Å². The first-order valence-corrected chi connectivity index (χ1v) is 13.7. The Bertz CT molecular complexity index is 1050. The largest absolute Gasteiger partial charge is 0.445 e. The number of carbonyl (C=O) groups excluding carboxylic acids is 2. The van der Waals surface area contributed by atoms with Gasteiger partial charge in [-0.15, -0.1) is 0 Å². The molecule has 1 heterocycles. The normalized spacial score (nSPS) is 14.8. The van der Waals surface area contributed by atoms with E-state index >= 15 is 0 Å². The number of sulfonamides is 1. The van der Waals surface area contributed by atoms with Gasteiger partial charge >= 0.3 is 6.09 Å². The van der Waals surface area contributed by atoms with Crippen LogP contribution < -0.4 is 10.0 Å². The van der Waals surface area contributed by atoms with Gasteiger partial charge in [0.2, 0.25) is 15.9 Å². The van der Waals surface area contributed by atoms with Crippen LogP contribution in [0.2, 0.25) is 0 Å². The fourth-order valence-electron chi connectivity index (χ4n) is 3.98. The van der Waals surface area contributed by atoms with Crippen molar-refractivity contribution in [2.45, 2.75) is 63.0 Å². The Hall–Kier alpha value is -2.91. The lowest BCUT2D eigenvalue weighted by molar-refractivity contribution is -0.134. The van der Waals surface area contributed by atoms with Crippen molar-refractivity contribution in [3.05, 3.63) is 65.7 Å². The molecule has 2 N–H and O–H groups in total. The number of rotatable bonds is 11. The fourth-order valence-corrected chi connectivity index (χ4v) is 5.20.